The molecule has 2 saturated carbocycles. The Labute approximate surface area is 137 Å². The highest BCUT2D eigenvalue weighted by molar-refractivity contribution is 5.86. The number of carbonyl (C=O) groups excluding carboxylic acids is 1. The van der Waals surface area contributed by atoms with Gasteiger partial charge >= 0.3 is 5.97 Å². The van der Waals surface area contributed by atoms with Crippen molar-refractivity contribution in [3.8, 4) is 0 Å². The lowest BCUT2D eigenvalue weighted by Crippen LogP contribution is -2.42. The van der Waals surface area contributed by atoms with Crippen molar-refractivity contribution >= 4 is 11.9 Å². The Morgan fingerprint density at radius 2 is 1.78 bits per heavy atom. The Morgan fingerprint density at radius 1 is 1.13 bits per heavy atom. The summed E-state index contributed by atoms with van der Waals surface area (Å²) < 4.78 is 0. The highest BCUT2D eigenvalue weighted by Crippen LogP contribution is 2.52. The Balaban J connectivity index is 1.73. The van der Waals surface area contributed by atoms with E-state index < -0.39 is 11.9 Å². The van der Waals surface area contributed by atoms with E-state index in [0.29, 0.717) is 0 Å². The van der Waals surface area contributed by atoms with Crippen LogP contribution in [0.3, 0.4) is 0 Å². The molecule has 2 fully saturated rings. The van der Waals surface area contributed by atoms with Gasteiger partial charge in [-0.3, -0.25) is 9.59 Å². The largest absolute Gasteiger partial charge is 0.481 e. The molecule has 2 bridgehead atoms. The first-order valence-corrected chi connectivity index (χ1v) is 8.48. The maximum Gasteiger partial charge on any atom is 0.307 e. The van der Waals surface area contributed by atoms with Gasteiger partial charge in [-0.05, 0) is 68.6 Å². The molecule has 4 heteroatoms. The molecule has 0 aromatic heterocycles. The van der Waals surface area contributed by atoms with Crippen molar-refractivity contribution in [3.05, 3.63) is 34.9 Å². The smallest absolute Gasteiger partial charge is 0.307 e. The van der Waals surface area contributed by atoms with Gasteiger partial charge in [0.2, 0.25) is 5.91 Å². The fraction of sp³-hybridized carbons (Fsp3) is 0.579. The maximum absolute atomic E-state index is 12.7. The van der Waals surface area contributed by atoms with Gasteiger partial charge in [0, 0.05) is 0 Å². The lowest BCUT2D eigenvalue weighted by molar-refractivity contribution is -0.149. The number of carbonyl (C=O) groups is 2. The summed E-state index contributed by atoms with van der Waals surface area (Å²) in [7, 11) is 0. The molecular formula is C19H25NO3. The summed E-state index contributed by atoms with van der Waals surface area (Å²) in [5.74, 6) is -1.33. The SMILES string of the molecule is Cc1ccc([C@H](C)NC(=O)[C@H]2[C@H]3CC[C@@H](C3)[C@@H]2C(=O)O)cc1C. The number of aliphatic carboxylic acids is 1. The molecule has 0 saturated heterocycles. The van der Waals surface area contributed by atoms with E-state index in [-0.39, 0.29) is 29.7 Å². The van der Waals surface area contributed by atoms with Crippen molar-refractivity contribution in [1.29, 1.82) is 0 Å². The summed E-state index contributed by atoms with van der Waals surface area (Å²) in [6, 6.07) is 6.08. The molecule has 0 radical (unpaired) electrons. The van der Waals surface area contributed by atoms with Crippen LogP contribution in [0.5, 0.6) is 0 Å². The second kappa shape index (κ2) is 5.99. The van der Waals surface area contributed by atoms with Crippen LogP contribution in [0.4, 0.5) is 0 Å². The minimum atomic E-state index is -0.809. The van der Waals surface area contributed by atoms with E-state index >= 15 is 0 Å². The van der Waals surface area contributed by atoms with Gasteiger partial charge < -0.3 is 10.4 Å². The predicted molar refractivity (Wildman–Crippen MR) is 87.9 cm³/mol. The second-order valence-corrected chi connectivity index (χ2v) is 7.30. The average Bonchev–Trinajstić information content (AvgIpc) is 3.10. The normalized spacial score (nSPS) is 30.2. The van der Waals surface area contributed by atoms with E-state index in [1.807, 2.05) is 13.0 Å². The van der Waals surface area contributed by atoms with Crippen LogP contribution >= 0.6 is 0 Å². The van der Waals surface area contributed by atoms with Crippen LogP contribution in [0.15, 0.2) is 18.2 Å². The number of rotatable bonds is 4. The summed E-state index contributed by atoms with van der Waals surface area (Å²) in [6.45, 7) is 6.09. The number of hydrogen-bond donors (Lipinski definition) is 2. The lowest BCUT2D eigenvalue weighted by atomic mass is 9.78. The van der Waals surface area contributed by atoms with Crippen LogP contribution in [0.1, 0.15) is 48.9 Å². The Bertz CT molecular complexity index is 640. The molecule has 1 amide bonds. The third-order valence-electron chi connectivity index (χ3n) is 5.89. The molecule has 1 aromatic rings. The zero-order chi connectivity index (χ0) is 16.7. The van der Waals surface area contributed by atoms with Gasteiger partial charge in [-0.1, -0.05) is 18.2 Å². The van der Waals surface area contributed by atoms with Crippen molar-refractivity contribution in [3.63, 3.8) is 0 Å². The maximum atomic E-state index is 12.7. The summed E-state index contributed by atoms with van der Waals surface area (Å²) >= 11 is 0. The molecule has 23 heavy (non-hydrogen) atoms. The van der Waals surface area contributed by atoms with Crippen LogP contribution in [0.2, 0.25) is 0 Å². The second-order valence-electron chi connectivity index (χ2n) is 7.30. The third kappa shape index (κ3) is 2.87. The first-order valence-electron chi connectivity index (χ1n) is 8.48. The van der Waals surface area contributed by atoms with Gasteiger partial charge in [-0.25, -0.2) is 0 Å². The molecule has 4 nitrogen and oxygen atoms in total. The molecule has 0 unspecified atom stereocenters. The van der Waals surface area contributed by atoms with Gasteiger partial charge in [-0.15, -0.1) is 0 Å². The fourth-order valence-electron chi connectivity index (χ4n) is 4.45. The van der Waals surface area contributed by atoms with Crippen LogP contribution in [-0.4, -0.2) is 17.0 Å². The van der Waals surface area contributed by atoms with Gasteiger partial charge in [-0.2, -0.15) is 0 Å². The molecule has 0 heterocycles. The quantitative estimate of drug-likeness (QED) is 0.896. The molecule has 2 aliphatic rings. The van der Waals surface area contributed by atoms with E-state index in [4.69, 9.17) is 0 Å². The van der Waals surface area contributed by atoms with Gasteiger partial charge in [0.15, 0.2) is 0 Å². The van der Waals surface area contributed by atoms with E-state index in [1.54, 1.807) is 0 Å². The monoisotopic (exact) mass is 315 g/mol. The Kier molecular flexibility index (Phi) is 4.17. The third-order valence-corrected chi connectivity index (χ3v) is 5.89. The average molecular weight is 315 g/mol. The van der Waals surface area contributed by atoms with Crippen molar-refractivity contribution in [2.75, 3.05) is 0 Å². The van der Waals surface area contributed by atoms with Crippen LogP contribution < -0.4 is 5.32 Å². The number of carboxylic acids is 1. The zero-order valence-electron chi connectivity index (χ0n) is 14.0. The number of hydrogen-bond acceptors (Lipinski definition) is 2. The highest BCUT2D eigenvalue weighted by atomic mass is 16.4. The van der Waals surface area contributed by atoms with E-state index in [2.05, 4.69) is 31.3 Å². The molecule has 3 rings (SSSR count). The lowest BCUT2D eigenvalue weighted by Gasteiger charge is -2.28. The molecule has 1 aromatic carbocycles. The van der Waals surface area contributed by atoms with Crippen LogP contribution in [-0.2, 0) is 9.59 Å². The van der Waals surface area contributed by atoms with Crippen molar-refractivity contribution < 1.29 is 14.7 Å². The number of nitrogens with one attached hydrogen (secondary N) is 1. The van der Waals surface area contributed by atoms with Crippen molar-refractivity contribution in [1.82, 2.24) is 5.32 Å². The summed E-state index contributed by atoms with van der Waals surface area (Å²) in [5, 5.41) is 12.5. The fourth-order valence-corrected chi connectivity index (χ4v) is 4.45. The van der Waals surface area contributed by atoms with Gasteiger partial charge in [0.25, 0.3) is 0 Å². The molecule has 5 atom stereocenters. The first kappa shape index (κ1) is 16.0. The molecule has 124 valence electrons. The predicted octanol–water partition coefficient (Wildman–Crippen LogP) is 3.23. The Morgan fingerprint density at radius 3 is 2.39 bits per heavy atom. The van der Waals surface area contributed by atoms with Gasteiger partial charge in [0.1, 0.15) is 0 Å². The summed E-state index contributed by atoms with van der Waals surface area (Å²) in [4.78, 5) is 24.3. The van der Waals surface area contributed by atoms with Crippen LogP contribution in [0.25, 0.3) is 0 Å². The highest BCUT2D eigenvalue weighted by Gasteiger charge is 2.54. The molecule has 2 aliphatic carbocycles. The van der Waals surface area contributed by atoms with E-state index in [0.717, 1.165) is 24.8 Å². The number of fused-ring (bicyclic) bond motifs is 2. The number of carboxylic acid groups (broad SMARTS) is 1. The van der Waals surface area contributed by atoms with E-state index in [9.17, 15) is 14.7 Å². The molecular weight excluding hydrogens is 290 g/mol. The standard InChI is InChI=1S/C19H25NO3/c1-10-4-5-13(8-11(10)2)12(3)20-18(21)16-14-6-7-15(9-14)17(16)19(22)23/h4-5,8,12,14-17H,6-7,9H2,1-3H3,(H,20,21)(H,22,23)/t12-,14-,15-,16-,17-/m0/s1. The summed E-state index contributed by atoms with van der Waals surface area (Å²) in [5.41, 5.74) is 3.50. The number of aryl methyl sites for hydroxylation is 2. The zero-order valence-corrected chi connectivity index (χ0v) is 14.0. The van der Waals surface area contributed by atoms with Crippen molar-refractivity contribution in [2.24, 2.45) is 23.7 Å². The summed E-state index contributed by atoms with van der Waals surface area (Å²) in [6.07, 6.45) is 2.84. The Hall–Kier alpha value is -1.84. The molecule has 0 aliphatic heterocycles. The van der Waals surface area contributed by atoms with Crippen LogP contribution in [0, 0.1) is 37.5 Å². The topological polar surface area (TPSA) is 66.4 Å². The number of benzene rings is 1. The minimum absolute atomic E-state index is 0.0877. The van der Waals surface area contributed by atoms with Crippen molar-refractivity contribution in [2.45, 2.75) is 46.1 Å². The van der Waals surface area contributed by atoms with Gasteiger partial charge in [0.05, 0.1) is 17.9 Å². The molecule has 0 spiro atoms. The van der Waals surface area contributed by atoms with E-state index in [1.165, 1.54) is 11.1 Å². The molecule has 2 N–H and O–H groups in total. The number of amides is 1. The first-order chi connectivity index (χ1) is 10.9. The minimum Gasteiger partial charge on any atom is -0.481 e.